The molecule has 0 radical (unpaired) electrons. The van der Waals surface area contributed by atoms with Crippen molar-refractivity contribution in [3.05, 3.63) is 12.2 Å². The first-order chi connectivity index (χ1) is 11.5. The van der Waals surface area contributed by atoms with Crippen molar-refractivity contribution in [2.75, 3.05) is 54.0 Å². The van der Waals surface area contributed by atoms with E-state index in [4.69, 9.17) is 4.74 Å². The molecule has 2 aliphatic rings. The number of likely N-dealkylation sites (tertiary alicyclic amines) is 2. The first kappa shape index (κ1) is 18.9. The van der Waals surface area contributed by atoms with Crippen LogP contribution in [0.1, 0.15) is 25.7 Å². The third kappa shape index (κ3) is 5.05. The van der Waals surface area contributed by atoms with E-state index in [9.17, 15) is 9.59 Å². The smallest absolute Gasteiger partial charge is 0.246 e. The summed E-state index contributed by atoms with van der Waals surface area (Å²) < 4.78 is 5.16. The maximum absolute atomic E-state index is 12.4. The van der Waals surface area contributed by atoms with Crippen LogP contribution in [0.3, 0.4) is 0 Å². The van der Waals surface area contributed by atoms with E-state index in [1.165, 1.54) is 0 Å². The zero-order chi connectivity index (χ0) is 17.5. The average molecular weight is 337 g/mol. The number of amides is 2. The number of piperidine rings is 1. The van der Waals surface area contributed by atoms with Crippen molar-refractivity contribution >= 4 is 11.8 Å². The molecule has 2 heterocycles. The summed E-state index contributed by atoms with van der Waals surface area (Å²) in [5, 5.41) is 0. The fourth-order valence-electron chi connectivity index (χ4n) is 3.71. The Morgan fingerprint density at radius 2 is 2.17 bits per heavy atom. The van der Waals surface area contributed by atoms with Crippen molar-refractivity contribution in [1.29, 1.82) is 0 Å². The standard InChI is InChI=1S/C18H31N3O3/c1-19(2)10-5-8-17(22)20-11-9-16-15(14-20)6-4-7-18(23)21(16)12-13-24-3/h5,8,15-16H,4,6-7,9-14H2,1-3H3/t15-,16+/m0/s1. The summed E-state index contributed by atoms with van der Waals surface area (Å²) in [4.78, 5) is 30.7. The predicted octanol–water partition coefficient (Wildman–Crippen LogP) is 0.980. The maximum Gasteiger partial charge on any atom is 0.246 e. The number of hydrogen-bond acceptors (Lipinski definition) is 4. The molecule has 0 aromatic heterocycles. The van der Waals surface area contributed by atoms with Crippen LogP contribution < -0.4 is 0 Å². The Balaban J connectivity index is 1.97. The second-order valence-corrected chi connectivity index (χ2v) is 7.04. The molecule has 2 fully saturated rings. The Morgan fingerprint density at radius 3 is 2.88 bits per heavy atom. The van der Waals surface area contributed by atoms with Gasteiger partial charge in [0.05, 0.1) is 6.61 Å². The van der Waals surface area contributed by atoms with Crippen LogP contribution in [-0.4, -0.2) is 86.5 Å². The highest BCUT2D eigenvalue weighted by Gasteiger charge is 2.37. The van der Waals surface area contributed by atoms with Gasteiger partial charge in [-0.25, -0.2) is 0 Å². The van der Waals surface area contributed by atoms with Gasteiger partial charge in [0.25, 0.3) is 0 Å². The Hall–Kier alpha value is -1.40. The molecule has 24 heavy (non-hydrogen) atoms. The van der Waals surface area contributed by atoms with E-state index in [2.05, 4.69) is 0 Å². The third-order valence-corrected chi connectivity index (χ3v) is 4.96. The van der Waals surface area contributed by atoms with Gasteiger partial charge in [0.1, 0.15) is 0 Å². The lowest BCUT2D eigenvalue weighted by Crippen LogP contribution is -2.53. The third-order valence-electron chi connectivity index (χ3n) is 4.96. The van der Waals surface area contributed by atoms with Crippen LogP contribution in [0.5, 0.6) is 0 Å². The van der Waals surface area contributed by atoms with E-state index in [0.29, 0.717) is 25.5 Å². The van der Waals surface area contributed by atoms with Gasteiger partial charge in [-0.15, -0.1) is 0 Å². The van der Waals surface area contributed by atoms with Crippen LogP contribution in [-0.2, 0) is 14.3 Å². The van der Waals surface area contributed by atoms with Gasteiger partial charge in [0.15, 0.2) is 0 Å². The summed E-state index contributed by atoms with van der Waals surface area (Å²) in [7, 11) is 5.63. The van der Waals surface area contributed by atoms with Gasteiger partial charge in [-0.1, -0.05) is 6.08 Å². The highest BCUT2D eigenvalue weighted by molar-refractivity contribution is 5.87. The maximum atomic E-state index is 12.4. The number of methoxy groups -OCH3 is 1. The zero-order valence-electron chi connectivity index (χ0n) is 15.2. The SMILES string of the molecule is COCCN1C(=O)CCC[C@H]2CN(C(=O)C=CCN(C)C)CC[C@H]21. The van der Waals surface area contributed by atoms with Crippen molar-refractivity contribution < 1.29 is 14.3 Å². The van der Waals surface area contributed by atoms with Gasteiger partial charge >= 0.3 is 0 Å². The summed E-state index contributed by atoms with van der Waals surface area (Å²) in [6, 6.07) is 0.255. The van der Waals surface area contributed by atoms with Gasteiger partial charge in [-0.2, -0.15) is 0 Å². The second-order valence-electron chi connectivity index (χ2n) is 7.04. The van der Waals surface area contributed by atoms with E-state index in [1.807, 2.05) is 34.9 Å². The number of ether oxygens (including phenoxy) is 1. The van der Waals surface area contributed by atoms with Gasteiger partial charge < -0.3 is 19.4 Å². The average Bonchev–Trinajstić information content (AvgIpc) is 2.70. The zero-order valence-corrected chi connectivity index (χ0v) is 15.2. The second kappa shape index (κ2) is 9.18. The van der Waals surface area contributed by atoms with Crippen molar-refractivity contribution in [3.8, 4) is 0 Å². The molecule has 0 N–H and O–H groups in total. The van der Waals surface area contributed by atoms with Gasteiger partial charge in [-0.05, 0) is 39.3 Å². The Kier molecular flexibility index (Phi) is 7.24. The summed E-state index contributed by atoms with van der Waals surface area (Å²) in [5.74, 6) is 0.716. The van der Waals surface area contributed by atoms with Crippen LogP contribution in [0.25, 0.3) is 0 Å². The van der Waals surface area contributed by atoms with Crippen molar-refractivity contribution in [2.24, 2.45) is 5.92 Å². The topological polar surface area (TPSA) is 53.1 Å². The van der Waals surface area contributed by atoms with Crippen LogP contribution in [0.2, 0.25) is 0 Å². The highest BCUT2D eigenvalue weighted by Crippen LogP contribution is 2.30. The quantitative estimate of drug-likeness (QED) is 0.678. The molecule has 6 heteroatoms. The molecule has 6 nitrogen and oxygen atoms in total. The molecule has 2 saturated heterocycles. The highest BCUT2D eigenvalue weighted by atomic mass is 16.5. The molecule has 2 atom stereocenters. The van der Waals surface area contributed by atoms with Gasteiger partial charge in [0, 0.05) is 51.8 Å². The molecule has 136 valence electrons. The molecule has 2 aliphatic heterocycles. The molecule has 0 spiro atoms. The minimum atomic E-state index is 0.0920. The number of nitrogens with zero attached hydrogens (tertiary/aromatic N) is 3. The van der Waals surface area contributed by atoms with E-state index in [0.717, 1.165) is 38.9 Å². The number of rotatable bonds is 6. The summed E-state index contributed by atoms with van der Waals surface area (Å²) >= 11 is 0. The molecule has 0 unspecified atom stereocenters. The van der Waals surface area contributed by atoms with Gasteiger partial charge in [0.2, 0.25) is 11.8 Å². The Labute approximate surface area is 145 Å². The lowest BCUT2D eigenvalue weighted by molar-refractivity contribution is -0.136. The van der Waals surface area contributed by atoms with Crippen molar-refractivity contribution in [2.45, 2.75) is 31.7 Å². The molecule has 2 amide bonds. The molecular formula is C18H31N3O3. The van der Waals surface area contributed by atoms with Crippen molar-refractivity contribution in [3.63, 3.8) is 0 Å². The van der Waals surface area contributed by atoms with Gasteiger partial charge in [-0.3, -0.25) is 9.59 Å². The molecule has 2 rings (SSSR count). The monoisotopic (exact) mass is 337 g/mol. The number of carbonyl (C=O) groups is 2. The predicted molar refractivity (Wildman–Crippen MR) is 93.6 cm³/mol. The summed E-state index contributed by atoms with van der Waals surface area (Å²) in [5.41, 5.74) is 0. The molecule has 0 aromatic carbocycles. The lowest BCUT2D eigenvalue weighted by Gasteiger charge is -2.42. The minimum absolute atomic E-state index is 0.0920. The molecule has 0 saturated carbocycles. The minimum Gasteiger partial charge on any atom is -0.383 e. The van der Waals surface area contributed by atoms with E-state index in [-0.39, 0.29) is 17.9 Å². The lowest BCUT2D eigenvalue weighted by atomic mass is 9.88. The number of carbonyl (C=O) groups excluding carboxylic acids is 2. The van der Waals surface area contributed by atoms with Crippen LogP contribution >= 0.6 is 0 Å². The normalized spacial score (nSPS) is 25.2. The van der Waals surface area contributed by atoms with Crippen LogP contribution in [0.15, 0.2) is 12.2 Å². The number of likely N-dealkylation sites (N-methyl/N-ethyl adjacent to an activating group) is 1. The Morgan fingerprint density at radius 1 is 1.38 bits per heavy atom. The fourth-order valence-corrected chi connectivity index (χ4v) is 3.71. The van der Waals surface area contributed by atoms with Crippen LogP contribution in [0, 0.1) is 5.92 Å². The fraction of sp³-hybridized carbons (Fsp3) is 0.778. The summed E-state index contributed by atoms with van der Waals surface area (Å²) in [6.07, 6.45) is 7.02. The van der Waals surface area contributed by atoms with E-state index in [1.54, 1.807) is 13.2 Å². The van der Waals surface area contributed by atoms with E-state index < -0.39 is 0 Å². The molecule has 0 aromatic rings. The number of fused-ring (bicyclic) bond motifs is 1. The molecule has 0 bridgehead atoms. The first-order valence-electron chi connectivity index (χ1n) is 8.91. The molecular weight excluding hydrogens is 306 g/mol. The largest absolute Gasteiger partial charge is 0.383 e. The molecule has 0 aliphatic carbocycles. The van der Waals surface area contributed by atoms with E-state index >= 15 is 0 Å². The Bertz CT molecular complexity index is 464. The van der Waals surface area contributed by atoms with Crippen molar-refractivity contribution in [1.82, 2.24) is 14.7 Å². The first-order valence-corrected chi connectivity index (χ1v) is 8.91. The number of hydrogen-bond donors (Lipinski definition) is 0. The van der Waals surface area contributed by atoms with Crippen LogP contribution in [0.4, 0.5) is 0 Å². The summed E-state index contributed by atoms with van der Waals surface area (Å²) in [6.45, 7) is 3.48.